The monoisotopic (exact) mass is 617 g/mol. The van der Waals surface area contributed by atoms with Gasteiger partial charge in [-0.3, -0.25) is 0 Å². The quantitative estimate of drug-likeness (QED) is 0.173. The first-order valence-corrected chi connectivity index (χ1v) is 16.6. The second kappa shape index (κ2) is 10.4. The molecule has 0 radical (unpaired) electrons. The SMILES string of the molecule is [2H]c1c([2H])c([2H])c(-c2c3ccccc3c(-c3cccc4c(-c5cccc6sc7ccc8ccccc8c7c56)cccc34)c3ccccc23)c([2H])c1[2H]. The Balaban J connectivity index is 1.30. The zero-order chi connectivity index (χ0) is 35.2. The van der Waals surface area contributed by atoms with Crippen molar-refractivity contribution in [1.82, 2.24) is 0 Å². The summed E-state index contributed by atoms with van der Waals surface area (Å²) >= 11 is 1.84. The van der Waals surface area contributed by atoms with Crippen LogP contribution < -0.4 is 0 Å². The van der Waals surface area contributed by atoms with Crippen molar-refractivity contribution in [2.24, 2.45) is 0 Å². The lowest BCUT2D eigenvalue weighted by Gasteiger charge is -2.19. The molecule has 0 saturated heterocycles. The number of hydrogen-bond acceptors (Lipinski definition) is 1. The molecular weight excluding hydrogens is 585 g/mol. The molecule has 0 aliphatic rings. The van der Waals surface area contributed by atoms with Gasteiger partial charge in [-0.2, -0.15) is 0 Å². The predicted octanol–water partition coefficient (Wildman–Crippen LogP) is 13.7. The lowest BCUT2D eigenvalue weighted by Crippen LogP contribution is -1.92. The van der Waals surface area contributed by atoms with Gasteiger partial charge >= 0.3 is 0 Å². The molecule has 0 aliphatic heterocycles. The van der Waals surface area contributed by atoms with E-state index in [4.69, 9.17) is 6.85 Å². The average Bonchev–Trinajstić information content (AvgIpc) is 3.58. The zero-order valence-electron chi connectivity index (χ0n) is 30.2. The van der Waals surface area contributed by atoms with E-state index in [0.29, 0.717) is 5.56 Å². The Hall–Kier alpha value is -5.76. The second-order valence-corrected chi connectivity index (χ2v) is 13.1. The van der Waals surface area contributed by atoms with Crippen LogP contribution in [0.15, 0.2) is 170 Å². The third-order valence-electron chi connectivity index (χ3n) is 9.55. The van der Waals surface area contributed by atoms with Crippen molar-refractivity contribution in [3.63, 3.8) is 0 Å². The van der Waals surface area contributed by atoms with Gasteiger partial charge in [0.2, 0.25) is 0 Å². The van der Waals surface area contributed by atoms with Crippen LogP contribution in [0, 0.1) is 0 Å². The fraction of sp³-hybridized carbons (Fsp3) is 0. The Morgan fingerprint density at radius 3 is 1.62 bits per heavy atom. The first kappa shape index (κ1) is 21.9. The molecule has 0 atom stereocenters. The highest BCUT2D eigenvalue weighted by molar-refractivity contribution is 7.26. The van der Waals surface area contributed by atoms with E-state index in [1.807, 2.05) is 47.7 Å². The molecule has 0 saturated carbocycles. The minimum absolute atomic E-state index is 0.202. The number of hydrogen-bond donors (Lipinski definition) is 0. The maximum absolute atomic E-state index is 8.92. The van der Waals surface area contributed by atoms with Gasteiger partial charge in [0.1, 0.15) is 0 Å². The Morgan fingerprint density at radius 1 is 0.362 bits per heavy atom. The maximum atomic E-state index is 8.92. The molecule has 1 aromatic heterocycles. The first-order valence-electron chi connectivity index (χ1n) is 18.3. The van der Waals surface area contributed by atoms with Gasteiger partial charge < -0.3 is 0 Å². The van der Waals surface area contributed by atoms with Crippen molar-refractivity contribution >= 4 is 74.6 Å². The summed E-state index contributed by atoms with van der Waals surface area (Å²) in [5.41, 5.74) is 5.36. The first-order chi connectivity index (χ1) is 25.4. The molecule has 0 fully saturated rings. The lowest BCUT2D eigenvalue weighted by molar-refractivity contribution is 1.66. The van der Waals surface area contributed by atoms with E-state index in [-0.39, 0.29) is 29.7 Å². The fourth-order valence-electron chi connectivity index (χ4n) is 7.64. The molecule has 9 aromatic carbocycles. The number of fused-ring (bicyclic) bond motifs is 8. The molecule has 0 unspecified atom stereocenters. The molecule has 47 heavy (non-hydrogen) atoms. The number of rotatable bonds is 3. The van der Waals surface area contributed by atoms with Gasteiger partial charge in [0.25, 0.3) is 0 Å². The molecule has 0 aliphatic carbocycles. The molecule has 0 N–H and O–H groups in total. The van der Waals surface area contributed by atoms with Crippen LogP contribution in [0.25, 0.3) is 96.6 Å². The molecule has 10 aromatic rings. The molecule has 1 heteroatoms. The largest absolute Gasteiger partial charge is 0.135 e. The minimum Gasteiger partial charge on any atom is -0.135 e. The van der Waals surface area contributed by atoms with E-state index < -0.39 is 6.04 Å². The van der Waals surface area contributed by atoms with Crippen molar-refractivity contribution < 1.29 is 6.85 Å². The van der Waals surface area contributed by atoms with E-state index in [0.717, 1.165) is 43.4 Å². The normalized spacial score (nSPS) is 13.3. The summed E-state index contributed by atoms with van der Waals surface area (Å²) in [6.45, 7) is 0. The number of benzene rings is 9. The van der Waals surface area contributed by atoms with Crippen LogP contribution in [-0.2, 0) is 0 Å². The molecule has 0 amide bonds. The van der Waals surface area contributed by atoms with Crippen molar-refractivity contribution in [2.75, 3.05) is 0 Å². The van der Waals surface area contributed by atoms with Gasteiger partial charge in [-0.1, -0.05) is 158 Å². The van der Waals surface area contributed by atoms with E-state index >= 15 is 0 Å². The van der Waals surface area contributed by atoms with Gasteiger partial charge in [-0.25, -0.2) is 0 Å². The summed E-state index contributed by atoms with van der Waals surface area (Å²) in [7, 11) is 0. The second-order valence-electron chi connectivity index (χ2n) is 12.0. The van der Waals surface area contributed by atoms with Crippen LogP contribution in [0.5, 0.6) is 0 Å². The third-order valence-corrected chi connectivity index (χ3v) is 10.7. The highest BCUT2D eigenvalue weighted by Crippen LogP contribution is 2.48. The molecule has 0 bridgehead atoms. The zero-order valence-corrected chi connectivity index (χ0v) is 26.0. The maximum Gasteiger partial charge on any atom is 0.0629 e. The molecule has 0 nitrogen and oxygen atoms in total. The molecular formula is C46H28S. The third kappa shape index (κ3) is 3.94. The topological polar surface area (TPSA) is 0 Å². The van der Waals surface area contributed by atoms with Crippen LogP contribution in [-0.4, -0.2) is 0 Å². The number of thiophene rings is 1. The Labute approximate surface area is 283 Å². The minimum atomic E-state index is -0.394. The lowest BCUT2D eigenvalue weighted by atomic mass is 9.84. The highest BCUT2D eigenvalue weighted by atomic mass is 32.1. The van der Waals surface area contributed by atoms with Crippen LogP contribution in [0.1, 0.15) is 6.85 Å². The standard InChI is InChI=1S/C46H28S/c1-2-14-30(15-3-1)43-37-17-6-8-19-39(37)44(40-20-9-7-18-38(40)43)35-24-11-21-32-33(35)22-10-23-34(32)36-25-12-26-41-46(36)45-31-16-5-4-13-29(31)27-28-42(45)47-41/h1-28H/i1D,2D,3D,14D,15D. The van der Waals surface area contributed by atoms with Crippen molar-refractivity contribution in [2.45, 2.75) is 0 Å². The van der Waals surface area contributed by atoms with E-state index in [2.05, 4.69) is 103 Å². The van der Waals surface area contributed by atoms with Gasteiger partial charge in [0.05, 0.1) is 6.85 Å². The smallest absolute Gasteiger partial charge is 0.0629 e. The van der Waals surface area contributed by atoms with Crippen LogP contribution in [0.3, 0.4) is 0 Å². The van der Waals surface area contributed by atoms with Crippen molar-refractivity contribution in [3.8, 4) is 33.4 Å². The van der Waals surface area contributed by atoms with Gasteiger partial charge in [0, 0.05) is 20.2 Å². The summed E-state index contributed by atoms with van der Waals surface area (Å²) in [6.07, 6.45) is 0. The predicted molar refractivity (Wildman–Crippen MR) is 206 cm³/mol. The van der Waals surface area contributed by atoms with Gasteiger partial charge in [-0.15, -0.1) is 11.3 Å². The van der Waals surface area contributed by atoms with Crippen molar-refractivity contribution in [3.05, 3.63) is 170 Å². The molecule has 218 valence electrons. The highest BCUT2D eigenvalue weighted by Gasteiger charge is 2.20. The molecule has 1 heterocycles. The molecule has 10 rings (SSSR count). The Kier molecular flexibility index (Phi) is 4.84. The summed E-state index contributed by atoms with van der Waals surface area (Å²) in [4.78, 5) is 0. The Bertz CT molecular complexity index is 3050. The average molecular weight is 618 g/mol. The molecule has 0 spiro atoms. The van der Waals surface area contributed by atoms with Crippen molar-refractivity contribution in [1.29, 1.82) is 0 Å². The summed E-state index contributed by atoms with van der Waals surface area (Å²) in [5, 5.41) is 10.9. The van der Waals surface area contributed by atoms with E-state index in [9.17, 15) is 0 Å². The van der Waals surface area contributed by atoms with Gasteiger partial charge in [-0.05, 0) is 88.6 Å². The van der Waals surface area contributed by atoms with Crippen LogP contribution >= 0.6 is 11.3 Å². The fourth-order valence-corrected chi connectivity index (χ4v) is 8.78. The van der Waals surface area contributed by atoms with Gasteiger partial charge in [0.15, 0.2) is 0 Å². The van der Waals surface area contributed by atoms with E-state index in [1.165, 1.54) is 42.1 Å². The summed E-state index contributed by atoms with van der Waals surface area (Å²) < 4.78 is 45.6. The Morgan fingerprint density at radius 2 is 0.894 bits per heavy atom. The summed E-state index contributed by atoms with van der Waals surface area (Å²) in [5.74, 6) is 0. The van der Waals surface area contributed by atoms with Crippen LogP contribution in [0.4, 0.5) is 0 Å². The van der Waals surface area contributed by atoms with Crippen LogP contribution in [0.2, 0.25) is 0 Å². The summed E-state index contributed by atoms with van der Waals surface area (Å²) in [6, 6.07) is 47.5. The van der Waals surface area contributed by atoms with E-state index in [1.54, 1.807) is 0 Å².